The number of hydrogen-bond acceptors (Lipinski definition) is 5. The van der Waals surface area contributed by atoms with E-state index in [0.29, 0.717) is 5.82 Å². The predicted octanol–water partition coefficient (Wildman–Crippen LogP) is 4.16. The number of nitrogens with one attached hydrogen (secondary N) is 2. The molecule has 0 fully saturated rings. The summed E-state index contributed by atoms with van der Waals surface area (Å²) in [4.78, 5) is 12.8. The number of pyridine rings is 1. The summed E-state index contributed by atoms with van der Waals surface area (Å²) in [6.45, 7) is 0. The Bertz CT molecular complexity index is 1470. The lowest BCUT2D eigenvalue weighted by Crippen LogP contribution is -1.85. The second-order valence-electron chi connectivity index (χ2n) is 6.89. The molecule has 1 aromatic carbocycles. The molecule has 8 nitrogen and oxygen atoms in total. The van der Waals surface area contributed by atoms with Crippen LogP contribution in [0.1, 0.15) is 0 Å². The van der Waals surface area contributed by atoms with Gasteiger partial charge in [0.15, 0.2) is 5.82 Å². The van der Waals surface area contributed by atoms with E-state index in [4.69, 9.17) is 9.40 Å². The molecule has 0 atom stereocenters. The molecule has 0 saturated heterocycles. The molecule has 0 spiro atoms. The number of nitrogens with zero attached hydrogens (tertiary/aromatic N) is 5. The highest BCUT2D eigenvalue weighted by atomic mass is 16.3. The highest BCUT2D eigenvalue weighted by Crippen LogP contribution is 2.32. The number of aromatic amines is 2. The highest BCUT2D eigenvalue weighted by Gasteiger charge is 2.16. The van der Waals surface area contributed by atoms with Crippen LogP contribution in [0.15, 0.2) is 65.9 Å². The molecule has 6 rings (SSSR count). The molecule has 6 aromatic rings. The van der Waals surface area contributed by atoms with Crippen LogP contribution < -0.4 is 0 Å². The molecule has 0 bridgehead atoms. The van der Waals surface area contributed by atoms with Crippen molar-refractivity contribution in [3.63, 3.8) is 0 Å². The molecule has 5 heterocycles. The summed E-state index contributed by atoms with van der Waals surface area (Å²) in [6, 6.07) is 9.98. The Balaban J connectivity index is 1.53. The Kier molecular flexibility index (Phi) is 3.22. The van der Waals surface area contributed by atoms with Gasteiger partial charge in [-0.1, -0.05) is 12.1 Å². The van der Waals surface area contributed by atoms with Gasteiger partial charge in [0.1, 0.15) is 5.69 Å². The first kappa shape index (κ1) is 15.8. The van der Waals surface area contributed by atoms with Gasteiger partial charge in [-0.3, -0.25) is 14.8 Å². The highest BCUT2D eigenvalue weighted by molar-refractivity contribution is 5.97. The summed E-state index contributed by atoms with van der Waals surface area (Å²) in [5, 5.41) is 12.7. The monoisotopic (exact) mass is 381 g/mol. The molecule has 8 heteroatoms. The van der Waals surface area contributed by atoms with Gasteiger partial charge in [0.05, 0.1) is 47.2 Å². The lowest BCUT2D eigenvalue weighted by molar-refractivity contribution is 0.568. The smallest absolute Gasteiger partial charge is 0.159 e. The second-order valence-corrected chi connectivity index (χ2v) is 6.89. The SMILES string of the molecule is Cn1cc(-c2cc3c(-c4nc5c(-c6ccoc6)cccc5[nH]4)n[nH]c3cn2)cn1. The van der Waals surface area contributed by atoms with Crippen molar-refractivity contribution in [3.05, 3.63) is 61.4 Å². The van der Waals surface area contributed by atoms with Crippen LogP contribution in [0.5, 0.6) is 0 Å². The fraction of sp³-hybridized carbons (Fsp3) is 0.0476. The van der Waals surface area contributed by atoms with Crippen LogP contribution in [0.25, 0.3) is 55.8 Å². The Morgan fingerprint density at radius 2 is 2.03 bits per heavy atom. The van der Waals surface area contributed by atoms with Gasteiger partial charge in [0.25, 0.3) is 0 Å². The fourth-order valence-corrected chi connectivity index (χ4v) is 3.60. The van der Waals surface area contributed by atoms with Crippen molar-refractivity contribution < 1.29 is 4.42 Å². The van der Waals surface area contributed by atoms with Crippen molar-refractivity contribution in [1.82, 2.24) is 34.9 Å². The van der Waals surface area contributed by atoms with Gasteiger partial charge in [-0.05, 0) is 18.2 Å². The molecule has 0 aliphatic rings. The van der Waals surface area contributed by atoms with E-state index in [1.807, 2.05) is 43.6 Å². The minimum Gasteiger partial charge on any atom is -0.472 e. The topological polar surface area (TPSA) is 101 Å². The maximum absolute atomic E-state index is 5.24. The number of rotatable bonds is 3. The van der Waals surface area contributed by atoms with Crippen molar-refractivity contribution in [3.8, 4) is 33.9 Å². The van der Waals surface area contributed by atoms with Gasteiger partial charge in [0.2, 0.25) is 0 Å². The third kappa shape index (κ3) is 2.46. The minimum atomic E-state index is 0.700. The molecular weight excluding hydrogens is 366 g/mol. The molecule has 0 aliphatic heterocycles. The Hall–Kier alpha value is -4.20. The zero-order valence-corrected chi connectivity index (χ0v) is 15.4. The summed E-state index contributed by atoms with van der Waals surface area (Å²) < 4.78 is 7.00. The van der Waals surface area contributed by atoms with Crippen LogP contribution in [0.3, 0.4) is 0 Å². The fourth-order valence-electron chi connectivity index (χ4n) is 3.60. The van der Waals surface area contributed by atoms with Gasteiger partial charge < -0.3 is 9.40 Å². The summed E-state index contributed by atoms with van der Waals surface area (Å²) in [5.74, 6) is 0.700. The van der Waals surface area contributed by atoms with Crippen molar-refractivity contribution >= 4 is 21.9 Å². The van der Waals surface area contributed by atoms with Crippen molar-refractivity contribution in [1.29, 1.82) is 0 Å². The lowest BCUT2D eigenvalue weighted by atomic mass is 10.1. The van der Waals surface area contributed by atoms with E-state index in [0.717, 1.165) is 50.0 Å². The van der Waals surface area contributed by atoms with Gasteiger partial charge in [0, 0.05) is 35.3 Å². The molecule has 140 valence electrons. The van der Waals surface area contributed by atoms with Crippen molar-refractivity contribution in [2.24, 2.45) is 7.05 Å². The van der Waals surface area contributed by atoms with E-state index < -0.39 is 0 Å². The molecule has 29 heavy (non-hydrogen) atoms. The summed E-state index contributed by atoms with van der Waals surface area (Å²) in [6.07, 6.45) is 8.90. The number of aromatic nitrogens is 7. The van der Waals surface area contributed by atoms with E-state index in [-0.39, 0.29) is 0 Å². The number of para-hydroxylation sites is 1. The molecule has 0 saturated carbocycles. The van der Waals surface area contributed by atoms with Crippen LogP contribution in [0.4, 0.5) is 0 Å². The minimum absolute atomic E-state index is 0.700. The Morgan fingerprint density at radius 1 is 1.07 bits per heavy atom. The Labute approximate surface area is 164 Å². The molecular formula is C21H15N7O. The number of aryl methyl sites for hydroxylation is 1. The molecule has 2 N–H and O–H groups in total. The van der Waals surface area contributed by atoms with E-state index in [1.165, 1.54) is 0 Å². The van der Waals surface area contributed by atoms with E-state index in [9.17, 15) is 0 Å². The average Bonchev–Trinajstić information content (AvgIpc) is 3.51. The number of H-pyrrole nitrogens is 2. The first-order valence-electron chi connectivity index (χ1n) is 9.11. The molecule has 0 amide bonds. The van der Waals surface area contributed by atoms with Gasteiger partial charge in [-0.25, -0.2) is 4.98 Å². The van der Waals surface area contributed by atoms with Gasteiger partial charge >= 0.3 is 0 Å². The maximum Gasteiger partial charge on any atom is 0.159 e. The normalized spacial score (nSPS) is 11.6. The quantitative estimate of drug-likeness (QED) is 0.479. The number of hydrogen-bond donors (Lipinski definition) is 2. The van der Waals surface area contributed by atoms with E-state index >= 15 is 0 Å². The third-order valence-electron chi connectivity index (χ3n) is 5.02. The van der Waals surface area contributed by atoms with Crippen molar-refractivity contribution in [2.75, 3.05) is 0 Å². The van der Waals surface area contributed by atoms with Crippen LogP contribution in [-0.2, 0) is 7.05 Å². The molecule has 0 unspecified atom stereocenters. The first-order chi connectivity index (χ1) is 14.3. The first-order valence-corrected chi connectivity index (χ1v) is 9.11. The van der Waals surface area contributed by atoms with Crippen molar-refractivity contribution in [2.45, 2.75) is 0 Å². The van der Waals surface area contributed by atoms with Crippen LogP contribution in [0, 0.1) is 0 Å². The maximum atomic E-state index is 5.24. The van der Waals surface area contributed by atoms with Gasteiger partial charge in [-0.2, -0.15) is 10.2 Å². The largest absolute Gasteiger partial charge is 0.472 e. The summed E-state index contributed by atoms with van der Waals surface area (Å²) in [5.41, 5.74) is 7.21. The number of fused-ring (bicyclic) bond motifs is 2. The van der Waals surface area contributed by atoms with Crippen LogP contribution in [0.2, 0.25) is 0 Å². The Morgan fingerprint density at radius 3 is 2.86 bits per heavy atom. The second kappa shape index (κ2) is 5.90. The number of benzene rings is 1. The predicted molar refractivity (Wildman–Crippen MR) is 109 cm³/mol. The number of imidazole rings is 1. The zero-order chi connectivity index (χ0) is 19.4. The number of furan rings is 1. The molecule has 0 radical (unpaired) electrons. The van der Waals surface area contributed by atoms with E-state index in [2.05, 4.69) is 25.3 Å². The standard InChI is InChI=1S/C21H15N7O/c1-28-10-13(8-23-28)17-7-15-18(9-22-17)26-27-20(15)21-24-16-4-2-3-14(19(16)25-21)12-5-6-29-11-12/h2-11H,1H3,(H,24,25)(H,26,27). The summed E-state index contributed by atoms with van der Waals surface area (Å²) in [7, 11) is 1.89. The van der Waals surface area contributed by atoms with Crippen LogP contribution in [-0.4, -0.2) is 34.9 Å². The third-order valence-corrected chi connectivity index (χ3v) is 5.02. The zero-order valence-electron chi connectivity index (χ0n) is 15.4. The molecule has 0 aliphatic carbocycles. The van der Waals surface area contributed by atoms with E-state index in [1.54, 1.807) is 29.6 Å². The molecule has 5 aromatic heterocycles. The van der Waals surface area contributed by atoms with Crippen LogP contribution >= 0.6 is 0 Å². The van der Waals surface area contributed by atoms with Gasteiger partial charge in [-0.15, -0.1) is 0 Å². The lowest BCUT2D eigenvalue weighted by Gasteiger charge is -1.98. The average molecular weight is 381 g/mol. The summed E-state index contributed by atoms with van der Waals surface area (Å²) >= 11 is 0.